The van der Waals surface area contributed by atoms with Gasteiger partial charge in [0.15, 0.2) is 0 Å². The molecule has 16 heavy (non-hydrogen) atoms. The van der Waals surface area contributed by atoms with E-state index in [2.05, 4.69) is 0 Å². The summed E-state index contributed by atoms with van der Waals surface area (Å²) in [6, 6.07) is 0. The summed E-state index contributed by atoms with van der Waals surface area (Å²) in [6.07, 6.45) is 1.22. The molecule has 1 aliphatic heterocycles. The zero-order valence-electron chi connectivity index (χ0n) is 9.31. The molecule has 1 atom stereocenters. The Morgan fingerprint density at radius 3 is 2.62 bits per heavy atom. The van der Waals surface area contributed by atoms with Gasteiger partial charge in [0.25, 0.3) is 0 Å². The normalized spacial score (nSPS) is 26.6. The second-order valence-corrected chi connectivity index (χ2v) is 4.23. The second-order valence-electron chi connectivity index (χ2n) is 4.23. The average Bonchev–Trinajstić information content (AvgIpc) is 2.17. The molecule has 1 aliphatic rings. The van der Waals surface area contributed by atoms with Crippen molar-refractivity contribution < 1.29 is 24.5 Å². The van der Waals surface area contributed by atoms with Crippen LogP contribution in [0.3, 0.4) is 0 Å². The van der Waals surface area contributed by atoms with Crippen LogP contribution < -0.4 is 0 Å². The van der Waals surface area contributed by atoms with Gasteiger partial charge >= 0.3 is 11.9 Å². The smallest absolute Gasteiger partial charge is 0.317 e. The molecule has 0 radical (unpaired) electrons. The maximum Gasteiger partial charge on any atom is 0.317 e. The van der Waals surface area contributed by atoms with Crippen LogP contribution in [-0.4, -0.2) is 60.4 Å². The summed E-state index contributed by atoms with van der Waals surface area (Å²) in [7, 11) is 1.46. The summed E-state index contributed by atoms with van der Waals surface area (Å²) >= 11 is 0. The van der Waals surface area contributed by atoms with E-state index in [4.69, 9.17) is 9.84 Å². The second kappa shape index (κ2) is 5.27. The van der Waals surface area contributed by atoms with Gasteiger partial charge in [0.05, 0.1) is 13.2 Å². The molecular weight excluding hydrogens is 214 g/mol. The summed E-state index contributed by atoms with van der Waals surface area (Å²) in [5, 5.41) is 17.9. The third kappa shape index (κ3) is 2.93. The van der Waals surface area contributed by atoms with Crippen molar-refractivity contribution in [2.24, 2.45) is 5.41 Å². The van der Waals surface area contributed by atoms with E-state index >= 15 is 0 Å². The fourth-order valence-corrected chi connectivity index (χ4v) is 2.18. The highest BCUT2D eigenvalue weighted by Crippen LogP contribution is 2.30. The topological polar surface area (TPSA) is 87.1 Å². The summed E-state index contributed by atoms with van der Waals surface area (Å²) in [4.78, 5) is 23.5. The molecule has 1 heterocycles. The van der Waals surface area contributed by atoms with Crippen LogP contribution >= 0.6 is 0 Å². The highest BCUT2D eigenvalue weighted by Gasteiger charge is 2.42. The van der Waals surface area contributed by atoms with Crippen molar-refractivity contribution in [2.45, 2.75) is 12.8 Å². The predicted molar refractivity (Wildman–Crippen MR) is 55.3 cm³/mol. The van der Waals surface area contributed by atoms with Crippen LogP contribution in [0, 0.1) is 5.41 Å². The summed E-state index contributed by atoms with van der Waals surface area (Å²) in [6.45, 7) is 0.880. The number of aliphatic carboxylic acids is 2. The van der Waals surface area contributed by atoms with Gasteiger partial charge in [-0.25, -0.2) is 0 Å². The lowest BCUT2D eigenvalue weighted by Gasteiger charge is -2.38. The van der Waals surface area contributed by atoms with Crippen LogP contribution in [0.25, 0.3) is 0 Å². The minimum Gasteiger partial charge on any atom is -0.481 e. The Kier molecular flexibility index (Phi) is 4.26. The van der Waals surface area contributed by atoms with E-state index in [-0.39, 0.29) is 19.7 Å². The zero-order chi connectivity index (χ0) is 12.2. The Morgan fingerprint density at radius 1 is 1.44 bits per heavy atom. The molecule has 0 aromatic carbocycles. The molecule has 1 rings (SSSR count). The number of methoxy groups -OCH3 is 1. The molecule has 0 amide bonds. The van der Waals surface area contributed by atoms with Gasteiger partial charge in [-0.2, -0.15) is 0 Å². The van der Waals surface area contributed by atoms with Gasteiger partial charge in [-0.3, -0.25) is 14.5 Å². The highest BCUT2D eigenvalue weighted by atomic mass is 16.5. The van der Waals surface area contributed by atoms with E-state index in [1.807, 2.05) is 0 Å². The lowest BCUT2D eigenvalue weighted by atomic mass is 9.80. The third-order valence-electron chi connectivity index (χ3n) is 2.89. The van der Waals surface area contributed by atoms with Gasteiger partial charge in [-0.15, -0.1) is 0 Å². The van der Waals surface area contributed by atoms with Gasteiger partial charge in [-0.05, 0) is 19.4 Å². The first-order valence-corrected chi connectivity index (χ1v) is 5.17. The van der Waals surface area contributed by atoms with Crippen molar-refractivity contribution in [1.29, 1.82) is 0 Å². The molecule has 1 fully saturated rings. The van der Waals surface area contributed by atoms with Crippen molar-refractivity contribution in [3.63, 3.8) is 0 Å². The average molecular weight is 231 g/mol. The van der Waals surface area contributed by atoms with Crippen LogP contribution in [0.4, 0.5) is 0 Å². The Labute approximate surface area is 93.8 Å². The van der Waals surface area contributed by atoms with Gasteiger partial charge < -0.3 is 14.9 Å². The van der Waals surface area contributed by atoms with E-state index in [1.165, 1.54) is 7.11 Å². The lowest BCUT2D eigenvalue weighted by Crippen LogP contribution is -2.51. The van der Waals surface area contributed by atoms with E-state index in [9.17, 15) is 14.7 Å². The molecule has 0 aromatic rings. The number of piperidine rings is 1. The monoisotopic (exact) mass is 231 g/mol. The maximum atomic E-state index is 11.2. The molecule has 6 heteroatoms. The molecule has 92 valence electrons. The van der Waals surface area contributed by atoms with Crippen molar-refractivity contribution in [3.8, 4) is 0 Å². The van der Waals surface area contributed by atoms with Crippen LogP contribution in [0.15, 0.2) is 0 Å². The zero-order valence-corrected chi connectivity index (χ0v) is 9.31. The largest absolute Gasteiger partial charge is 0.481 e. The van der Waals surface area contributed by atoms with Crippen molar-refractivity contribution in [3.05, 3.63) is 0 Å². The first-order valence-electron chi connectivity index (χ1n) is 5.17. The molecule has 0 aromatic heterocycles. The quantitative estimate of drug-likeness (QED) is 0.686. The Balaban J connectivity index is 2.70. The molecule has 0 bridgehead atoms. The standard InChI is InChI=1S/C10H17NO5/c1-16-7-10(9(14)15)3-2-4-11(6-10)5-8(12)13/h2-7H2,1H3,(H,12,13)(H,14,15). The van der Waals surface area contributed by atoms with Crippen molar-refractivity contribution in [1.82, 2.24) is 4.90 Å². The molecule has 0 saturated carbocycles. The van der Waals surface area contributed by atoms with Crippen LogP contribution in [-0.2, 0) is 14.3 Å². The summed E-state index contributed by atoms with van der Waals surface area (Å²) < 4.78 is 4.94. The molecule has 2 N–H and O–H groups in total. The first kappa shape index (κ1) is 12.9. The van der Waals surface area contributed by atoms with Gasteiger partial charge in [0, 0.05) is 13.7 Å². The summed E-state index contributed by atoms with van der Waals surface area (Å²) in [5.41, 5.74) is -0.956. The van der Waals surface area contributed by atoms with Crippen LogP contribution in [0.1, 0.15) is 12.8 Å². The Morgan fingerprint density at radius 2 is 2.12 bits per heavy atom. The number of carboxylic acids is 2. The van der Waals surface area contributed by atoms with Crippen molar-refractivity contribution >= 4 is 11.9 Å². The minimum absolute atomic E-state index is 0.112. The number of nitrogens with zero attached hydrogens (tertiary/aromatic N) is 1. The SMILES string of the molecule is COCC1(C(=O)O)CCCN(CC(=O)O)C1. The van der Waals surface area contributed by atoms with E-state index in [1.54, 1.807) is 4.90 Å². The fraction of sp³-hybridized carbons (Fsp3) is 0.800. The number of likely N-dealkylation sites (tertiary alicyclic amines) is 1. The van der Waals surface area contributed by atoms with E-state index < -0.39 is 17.4 Å². The minimum atomic E-state index is -0.956. The number of ether oxygens (including phenoxy) is 1. The fourth-order valence-electron chi connectivity index (χ4n) is 2.18. The molecule has 1 unspecified atom stereocenters. The van der Waals surface area contributed by atoms with Crippen molar-refractivity contribution in [2.75, 3.05) is 33.4 Å². The first-order chi connectivity index (χ1) is 7.50. The number of hydrogen-bond donors (Lipinski definition) is 2. The molecular formula is C10H17NO5. The maximum absolute atomic E-state index is 11.2. The third-order valence-corrected chi connectivity index (χ3v) is 2.89. The molecule has 1 saturated heterocycles. The number of rotatable bonds is 5. The molecule has 0 aliphatic carbocycles. The van der Waals surface area contributed by atoms with Crippen LogP contribution in [0.5, 0.6) is 0 Å². The van der Waals surface area contributed by atoms with E-state index in [0.717, 1.165) is 0 Å². The highest BCUT2D eigenvalue weighted by molar-refractivity contribution is 5.75. The Hall–Kier alpha value is -1.14. The lowest BCUT2D eigenvalue weighted by molar-refractivity contribution is -0.158. The number of carboxylic acid groups (broad SMARTS) is 2. The van der Waals surface area contributed by atoms with Crippen LogP contribution in [0.2, 0.25) is 0 Å². The van der Waals surface area contributed by atoms with E-state index in [0.29, 0.717) is 19.4 Å². The molecule has 0 spiro atoms. The summed E-state index contributed by atoms with van der Waals surface area (Å²) in [5.74, 6) is -1.84. The number of hydrogen-bond acceptors (Lipinski definition) is 4. The van der Waals surface area contributed by atoms with Gasteiger partial charge in [0.2, 0.25) is 0 Å². The molecule has 6 nitrogen and oxygen atoms in total. The van der Waals surface area contributed by atoms with Gasteiger partial charge in [0.1, 0.15) is 5.41 Å². The number of carbonyl (C=O) groups is 2. The predicted octanol–water partition coefficient (Wildman–Crippen LogP) is -0.116. The Bertz CT molecular complexity index is 276. The van der Waals surface area contributed by atoms with Gasteiger partial charge in [-0.1, -0.05) is 0 Å².